The summed E-state index contributed by atoms with van der Waals surface area (Å²) in [6.07, 6.45) is 1.60. The lowest BCUT2D eigenvalue weighted by Gasteiger charge is -2.09. The van der Waals surface area contributed by atoms with Gasteiger partial charge in [-0.3, -0.25) is 4.79 Å². The first kappa shape index (κ1) is 14.6. The van der Waals surface area contributed by atoms with E-state index in [2.05, 4.69) is 31.6 Å². The lowest BCUT2D eigenvalue weighted by atomic mass is 10.2. The van der Waals surface area contributed by atoms with Gasteiger partial charge in [-0.15, -0.1) is 5.10 Å². The minimum atomic E-state index is -0.371. The Balaban J connectivity index is 2.06. The fourth-order valence-electron chi connectivity index (χ4n) is 1.63. The number of hydrogen-bond acceptors (Lipinski definition) is 4. The van der Waals surface area contributed by atoms with Gasteiger partial charge in [-0.2, -0.15) is 0 Å². The summed E-state index contributed by atoms with van der Waals surface area (Å²) in [6, 6.07) is 2.87. The average molecular weight is 342 g/mol. The van der Waals surface area contributed by atoms with Crippen molar-refractivity contribution in [3.8, 4) is 0 Å². The molecule has 1 aromatic carbocycles. The Labute approximate surface area is 123 Å². The molecule has 0 fully saturated rings. The van der Waals surface area contributed by atoms with Crippen LogP contribution in [0.15, 0.2) is 22.8 Å². The van der Waals surface area contributed by atoms with Crippen LogP contribution in [-0.4, -0.2) is 20.9 Å². The first-order chi connectivity index (χ1) is 9.49. The van der Waals surface area contributed by atoms with Crippen LogP contribution in [0.2, 0.25) is 0 Å². The molecule has 6 nitrogen and oxygen atoms in total. The van der Waals surface area contributed by atoms with Crippen LogP contribution in [0.1, 0.15) is 11.3 Å². The Morgan fingerprint density at radius 1 is 1.55 bits per heavy atom. The number of rotatable bonds is 4. The van der Waals surface area contributed by atoms with Gasteiger partial charge in [0.05, 0.1) is 16.4 Å². The molecule has 0 unspecified atom stereocenters. The van der Waals surface area contributed by atoms with Crippen molar-refractivity contribution in [2.75, 3.05) is 5.32 Å². The van der Waals surface area contributed by atoms with E-state index in [-0.39, 0.29) is 24.8 Å². The smallest absolute Gasteiger partial charge is 0.246 e. The molecular weight excluding hydrogens is 329 g/mol. The molecule has 0 radical (unpaired) electrons. The van der Waals surface area contributed by atoms with Gasteiger partial charge in [0.25, 0.3) is 0 Å². The second-order valence-corrected chi connectivity index (χ2v) is 5.10. The summed E-state index contributed by atoms with van der Waals surface area (Å²) in [5, 5.41) is 10.3. The maximum Gasteiger partial charge on any atom is 0.246 e. The molecule has 1 aromatic heterocycles. The SMILES string of the molecule is Cc1cc(F)c(Br)cc1NC(=O)Cn1cc(CN)nn1. The van der Waals surface area contributed by atoms with Gasteiger partial charge < -0.3 is 11.1 Å². The van der Waals surface area contributed by atoms with Gasteiger partial charge in [0.1, 0.15) is 12.4 Å². The van der Waals surface area contributed by atoms with Crippen molar-refractivity contribution < 1.29 is 9.18 Å². The molecular formula is C12H13BrFN5O. The van der Waals surface area contributed by atoms with Crippen molar-refractivity contribution >= 4 is 27.5 Å². The van der Waals surface area contributed by atoms with Crippen LogP contribution in [0, 0.1) is 12.7 Å². The van der Waals surface area contributed by atoms with E-state index in [0.717, 1.165) is 0 Å². The molecule has 2 rings (SSSR count). The third-order valence-corrected chi connectivity index (χ3v) is 3.25. The number of halogens is 2. The predicted octanol–water partition coefficient (Wildman–Crippen LogP) is 1.59. The summed E-state index contributed by atoms with van der Waals surface area (Å²) >= 11 is 3.08. The van der Waals surface area contributed by atoms with E-state index in [9.17, 15) is 9.18 Å². The van der Waals surface area contributed by atoms with Gasteiger partial charge in [0, 0.05) is 12.2 Å². The number of hydrogen-bond donors (Lipinski definition) is 2. The zero-order valence-electron chi connectivity index (χ0n) is 10.7. The summed E-state index contributed by atoms with van der Waals surface area (Å²) in [4.78, 5) is 11.9. The average Bonchev–Trinajstić information content (AvgIpc) is 2.83. The zero-order chi connectivity index (χ0) is 14.7. The van der Waals surface area contributed by atoms with Crippen molar-refractivity contribution in [1.82, 2.24) is 15.0 Å². The van der Waals surface area contributed by atoms with E-state index in [1.807, 2.05) is 0 Å². The van der Waals surface area contributed by atoms with Gasteiger partial charge in [-0.25, -0.2) is 9.07 Å². The van der Waals surface area contributed by atoms with Crippen LogP contribution >= 0.6 is 15.9 Å². The Morgan fingerprint density at radius 3 is 2.95 bits per heavy atom. The van der Waals surface area contributed by atoms with Crippen molar-refractivity contribution in [3.63, 3.8) is 0 Å². The third kappa shape index (κ3) is 3.40. The number of benzene rings is 1. The van der Waals surface area contributed by atoms with E-state index in [0.29, 0.717) is 21.4 Å². The van der Waals surface area contributed by atoms with Gasteiger partial charge >= 0.3 is 0 Å². The lowest BCUT2D eigenvalue weighted by Crippen LogP contribution is -2.19. The van der Waals surface area contributed by atoms with Gasteiger partial charge in [0.2, 0.25) is 5.91 Å². The third-order valence-electron chi connectivity index (χ3n) is 2.64. The largest absolute Gasteiger partial charge is 0.325 e. The van der Waals surface area contributed by atoms with Crippen LogP contribution < -0.4 is 11.1 Å². The number of aromatic nitrogens is 3. The molecule has 0 aliphatic heterocycles. The molecule has 0 aliphatic carbocycles. The minimum absolute atomic E-state index is 0.0153. The molecule has 1 heterocycles. The molecule has 0 atom stereocenters. The van der Waals surface area contributed by atoms with Crippen molar-refractivity contribution in [2.24, 2.45) is 5.73 Å². The normalized spacial score (nSPS) is 10.6. The maximum absolute atomic E-state index is 13.3. The number of carbonyl (C=O) groups excluding carboxylic acids is 1. The Morgan fingerprint density at radius 2 is 2.30 bits per heavy atom. The molecule has 0 saturated heterocycles. The number of anilines is 1. The monoisotopic (exact) mass is 341 g/mol. The number of amides is 1. The first-order valence-corrected chi connectivity index (χ1v) is 6.63. The highest BCUT2D eigenvalue weighted by Gasteiger charge is 2.10. The van der Waals surface area contributed by atoms with Gasteiger partial charge in [-0.1, -0.05) is 5.21 Å². The summed E-state index contributed by atoms with van der Waals surface area (Å²) in [6.45, 7) is 2.00. The number of nitrogens with zero attached hydrogens (tertiary/aromatic N) is 3. The fraction of sp³-hybridized carbons (Fsp3) is 0.250. The Hall–Kier alpha value is -1.80. The van der Waals surface area contributed by atoms with E-state index in [1.54, 1.807) is 13.1 Å². The first-order valence-electron chi connectivity index (χ1n) is 5.84. The minimum Gasteiger partial charge on any atom is -0.325 e. The summed E-state index contributed by atoms with van der Waals surface area (Å²) in [5.74, 6) is -0.649. The molecule has 1 amide bonds. The maximum atomic E-state index is 13.3. The molecule has 0 saturated carbocycles. The predicted molar refractivity (Wildman–Crippen MR) is 75.4 cm³/mol. The highest BCUT2D eigenvalue weighted by molar-refractivity contribution is 9.10. The molecule has 20 heavy (non-hydrogen) atoms. The van der Waals surface area contributed by atoms with E-state index in [1.165, 1.54) is 16.8 Å². The van der Waals surface area contributed by atoms with Gasteiger partial charge in [0.15, 0.2) is 0 Å². The Bertz CT molecular complexity index is 643. The second-order valence-electron chi connectivity index (χ2n) is 4.24. The Kier molecular flexibility index (Phi) is 4.46. The lowest BCUT2D eigenvalue weighted by molar-refractivity contribution is -0.116. The van der Waals surface area contributed by atoms with Crippen LogP contribution in [0.3, 0.4) is 0 Å². The summed E-state index contributed by atoms with van der Waals surface area (Å²) in [7, 11) is 0. The van der Waals surface area contributed by atoms with E-state index < -0.39 is 0 Å². The van der Waals surface area contributed by atoms with Crippen LogP contribution in [0.25, 0.3) is 0 Å². The fourth-order valence-corrected chi connectivity index (χ4v) is 1.97. The van der Waals surface area contributed by atoms with Crippen molar-refractivity contribution in [1.29, 1.82) is 0 Å². The van der Waals surface area contributed by atoms with Crippen LogP contribution in [-0.2, 0) is 17.9 Å². The highest BCUT2D eigenvalue weighted by atomic mass is 79.9. The number of carbonyl (C=O) groups is 1. The zero-order valence-corrected chi connectivity index (χ0v) is 12.3. The van der Waals surface area contributed by atoms with Crippen LogP contribution in [0.5, 0.6) is 0 Å². The molecule has 3 N–H and O–H groups in total. The molecule has 2 aromatic rings. The molecule has 0 spiro atoms. The van der Waals surface area contributed by atoms with E-state index in [4.69, 9.17) is 5.73 Å². The standard InChI is InChI=1S/C12H13BrFN5O/c1-7-2-10(14)9(13)3-11(7)16-12(20)6-19-5-8(4-15)17-18-19/h2-3,5H,4,6,15H2,1H3,(H,16,20). The number of nitrogens with one attached hydrogen (secondary N) is 1. The molecule has 8 heteroatoms. The van der Waals surface area contributed by atoms with E-state index >= 15 is 0 Å². The quantitative estimate of drug-likeness (QED) is 0.884. The molecule has 0 aliphatic rings. The summed E-state index contributed by atoms with van der Waals surface area (Å²) in [5.41, 5.74) is 7.20. The topological polar surface area (TPSA) is 85.8 Å². The molecule has 106 valence electrons. The van der Waals surface area contributed by atoms with Gasteiger partial charge in [-0.05, 0) is 40.5 Å². The summed E-state index contributed by atoms with van der Waals surface area (Å²) < 4.78 is 15.0. The van der Waals surface area contributed by atoms with Crippen molar-refractivity contribution in [3.05, 3.63) is 39.9 Å². The van der Waals surface area contributed by atoms with Crippen molar-refractivity contribution in [2.45, 2.75) is 20.0 Å². The van der Waals surface area contributed by atoms with Crippen LogP contribution in [0.4, 0.5) is 10.1 Å². The number of aryl methyl sites for hydroxylation is 1. The molecule has 0 bridgehead atoms. The number of nitrogens with two attached hydrogens (primary N) is 1. The highest BCUT2D eigenvalue weighted by Crippen LogP contribution is 2.24. The second kappa shape index (κ2) is 6.10.